The summed E-state index contributed by atoms with van der Waals surface area (Å²) < 4.78 is 0. The fraction of sp³-hybridized carbons (Fsp3) is 0.778. The molecule has 0 aromatic rings. The number of primary amides is 1. The summed E-state index contributed by atoms with van der Waals surface area (Å²) in [5, 5.41) is 2.93. The van der Waals surface area contributed by atoms with Crippen molar-refractivity contribution in [3.63, 3.8) is 0 Å². The quantitative estimate of drug-likeness (QED) is 0.597. The minimum Gasteiger partial charge on any atom is -0.368 e. The van der Waals surface area contributed by atoms with Gasteiger partial charge in [-0.05, 0) is 13.0 Å². The van der Waals surface area contributed by atoms with Crippen molar-refractivity contribution in [2.45, 2.75) is 25.8 Å². The maximum Gasteiger partial charge on any atom is 0.235 e. The Morgan fingerprint density at radius 1 is 1.43 bits per heavy atom. The van der Waals surface area contributed by atoms with E-state index in [2.05, 4.69) is 5.32 Å². The third-order valence-corrected chi connectivity index (χ3v) is 1.86. The Morgan fingerprint density at radius 2 is 2.00 bits per heavy atom. The summed E-state index contributed by atoms with van der Waals surface area (Å²) in [5.74, 6) is -0.578. The zero-order valence-corrected chi connectivity index (χ0v) is 9.04. The molecule has 0 spiro atoms. The third kappa shape index (κ3) is 4.81. The average molecular weight is 201 g/mol. The monoisotopic (exact) mass is 201 g/mol. The van der Waals surface area contributed by atoms with Crippen LogP contribution in [0.25, 0.3) is 0 Å². The van der Waals surface area contributed by atoms with E-state index in [1.165, 1.54) is 4.90 Å². The fourth-order valence-electron chi connectivity index (χ4n) is 0.949. The fourth-order valence-corrected chi connectivity index (χ4v) is 0.949. The molecule has 0 saturated carbocycles. The molecule has 3 N–H and O–H groups in total. The van der Waals surface area contributed by atoms with Gasteiger partial charge >= 0.3 is 0 Å². The predicted octanol–water partition coefficient (Wildman–Crippen LogP) is -0.682. The van der Waals surface area contributed by atoms with E-state index >= 15 is 0 Å². The maximum atomic E-state index is 11.3. The molecule has 1 unspecified atom stereocenters. The first-order valence-corrected chi connectivity index (χ1v) is 4.71. The third-order valence-electron chi connectivity index (χ3n) is 1.86. The van der Waals surface area contributed by atoms with Gasteiger partial charge in [0.2, 0.25) is 11.8 Å². The second-order valence-electron chi connectivity index (χ2n) is 3.40. The number of carbonyl (C=O) groups is 2. The largest absolute Gasteiger partial charge is 0.368 e. The Balaban J connectivity index is 4.09. The van der Waals surface area contributed by atoms with Crippen molar-refractivity contribution in [1.82, 2.24) is 10.2 Å². The Kier molecular flexibility index (Phi) is 5.87. The normalized spacial score (nSPS) is 12.2. The van der Waals surface area contributed by atoms with Crippen molar-refractivity contribution in [2.24, 2.45) is 5.73 Å². The van der Waals surface area contributed by atoms with Crippen molar-refractivity contribution >= 4 is 11.8 Å². The zero-order chi connectivity index (χ0) is 11.1. The molecule has 0 radical (unpaired) electrons. The molecule has 0 aliphatic carbocycles. The summed E-state index contributed by atoms with van der Waals surface area (Å²) in [7, 11) is 3.31. The van der Waals surface area contributed by atoms with Gasteiger partial charge in [0.05, 0.1) is 12.5 Å². The zero-order valence-electron chi connectivity index (χ0n) is 9.04. The summed E-state index contributed by atoms with van der Waals surface area (Å²) in [6.45, 7) is 2.67. The summed E-state index contributed by atoms with van der Waals surface area (Å²) in [6.07, 6.45) is 1.03. The summed E-state index contributed by atoms with van der Waals surface area (Å²) in [5.41, 5.74) is 5.15. The highest BCUT2D eigenvalue weighted by Gasteiger charge is 2.19. The topological polar surface area (TPSA) is 75.4 Å². The van der Waals surface area contributed by atoms with Gasteiger partial charge in [-0.1, -0.05) is 6.92 Å². The smallest absolute Gasteiger partial charge is 0.235 e. The van der Waals surface area contributed by atoms with Crippen LogP contribution < -0.4 is 11.1 Å². The lowest BCUT2D eigenvalue weighted by Gasteiger charge is -2.17. The van der Waals surface area contributed by atoms with Crippen LogP contribution in [0.5, 0.6) is 0 Å². The summed E-state index contributed by atoms with van der Waals surface area (Å²) >= 11 is 0. The lowest BCUT2D eigenvalue weighted by Crippen LogP contribution is -2.44. The van der Waals surface area contributed by atoms with Crippen LogP contribution in [0.1, 0.15) is 19.8 Å². The molecule has 0 aliphatic heterocycles. The number of nitrogens with one attached hydrogen (secondary N) is 1. The highest BCUT2D eigenvalue weighted by atomic mass is 16.2. The molecular formula is C9H19N3O2. The Bertz CT molecular complexity index is 204. The van der Waals surface area contributed by atoms with Crippen LogP contribution in [0, 0.1) is 0 Å². The highest BCUT2D eigenvalue weighted by molar-refractivity contribution is 5.87. The van der Waals surface area contributed by atoms with E-state index < -0.39 is 11.9 Å². The minimum atomic E-state index is -0.551. The van der Waals surface area contributed by atoms with E-state index in [1.807, 2.05) is 6.92 Å². The van der Waals surface area contributed by atoms with Crippen molar-refractivity contribution in [3.8, 4) is 0 Å². The van der Waals surface area contributed by atoms with E-state index in [4.69, 9.17) is 5.73 Å². The van der Waals surface area contributed by atoms with Gasteiger partial charge in [-0.3, -0.25) is 9.59 Å². The average Bonchev–Trinajstić information content (AvgIpc) is 2.10. The molecule has 5 heteroatoms. The summed E-state index contributed by atoms with van der Waals surface area (Å²) in [4.78, 5) is 23.7. The number of nitrogens with zero attached hydrogens (tertiary/aromatic N) is 1. The molecule has 0 aromatic heterocycles. The second kappa shape index (κ2) is 6.37. The van der Waals surface area contributed by atoms with Crippen LogP contribution in [-0.4, -0.2) is 43.4 Å². The number of carbonyl (C=O) groups excluding carboxylic acids is 2. The van der Waals surface area contributed by atoms with Gasteiger partial charge < -0.3 is 16.0 Å². The molecule has 0 fully saturated rings. The van der Waals surface area contributed by atoms with Gasteiger partial charge in [-0.15, -0.1) is 0 Å². The van der Waals surface area contributed by atoms with Crippen molar-refractivity contribution in [3.05, 3.63) is 0 Å². The van der Waals surface area contributed by atoms with Gasteiger partial charge in [0.25, 0.3) is 0 Å². The first kappa shape index (κ1) is 12.9. The van der Waals surface area contributed by atoms with Crippen molar-refractivity contribution in [2.75, 3.05) is 20.6 Å². The molecule has 5 nitrogen and oxygen atoms in total. The first-order chi connectivity index (χ1) is 6.49. The Hall–Kier alpha value is -1.10. The molecular weight excluding hydrogens is 182 g/mol. The standard InChI is InChI=1S/C9H19N3O2/c1-4-5-11-7(9(10)14)6-8(13)12(2)3/h7,11H,4-6H2,1-3H3,(H2,10,14). The number of rotatable bonds is 6. The predicted molar refractivity (Wildman–Crippen MR) is 54.6 cm³/mol. The molecule has 0 heterocycles. The van der Waals surface area contributed by atoms with Crippen LogP contribution in [-0.2, 0) is 9.59 Å². The van der Waals surface area contributed by atoms with Crippen LogP contribution >= 0.6 is 0 Å². The molecule has 14 heavy (non-hydrogen) atoms. The Morgan fingerprint density at radius 3 is 2.36 bits per heavy atom. The van der Waals surface area contributed by atoms with Crippen LogP contribution in [0.2, 0.25) is 0 Å². The summed E-state index contributed by atoms with van der Waals surface area (Å²) in [6, 6.07) is -0.551. The van der Waals surface area contributed by atoms with E-state index in [9.17, 15) is 9.59 Å². The van der Waals surface area contributed by atoms with Gasteiger partial charge in [0, 0.05) is 14.1 Å². The molecule has 0 rings (SSSR count). The maximum absolute atomic E-state index is 11.3. The molecule has 82 valence electrons. The molecule has 1 atom stereocenters. The Labute approximate surface area is 84.6 Å². The molecule has 2 amide bonds. The van der Waals surface area contributed by atoms with Crippen molar-refractivity contribution in [1.29, 1.82) is 0 Å². The van der Waals surface area contributed by atoms with E-state index in [0.29, 0.717) is 6.54 Å². The SMILES string of the molecule is CCCNC(CC(=O)N(C)C)C(N)=O. The van der Waals surface area contributed by atoms with Crippen LogP contribution in [0.15, 0.2) is 0 Å². The first-order valence-electron chi connectivity index (χ1n) is 4.71. The molecule has 0 bridgehead atoms. The van der Waals surface area contributed by atoms with E-state index in [0.717, 1.165) is 6.42 Å². The van der Waals surface area contributed by atoms with Gasteiger partial charge in [-0.25, -0.2) is 0 Å². The number of hydrogen-bond donors (Lipinski definition) is 2. The van der Waals surface area contributed by atoms with Crippen molar-refractivity contribution < 1.29 is 9.59 Å². The van der Waals surface area contributed by atoms with Crippen LogP contribution in [0.3, 0.4) is 0 Å². The molecule has 0 saturated heterocycles. The van der Waals surface area contributed by atoms with Gasteiger partial charge in [0.1, 0.15) is 0 Å². The molecule has 0 aromatic carbocycles. The lowest BCUT2D eigenvalue weighted by atomic mass is 10.1. The van der Waals surface area contributed by atoms with Gasteiger partial charge in [-0.2, -0.15) is 0 Å². The molecule has 0 aliphatic rings. The van der Waals surface area contributed by atoms with Gasteiger partial charge in [0.15, 0.2) is 0 Å². The minimum absolute atomic E-state index is 0.0996. The van der Waals surface area contributed by atoms with Crippen LogP contribution in [0.4, 0.5) is 0 Å². The number of amides is 2. The number of nitrogens with two attached hydrogens (primary N) is 1. The second-order valence-corrected chi connectivity index (χ2v) is 3.40. The van der Waals surface area contributed by atoms with E-state index in [-0.39, 0.29) is 12.3 Å². The van der Waals surface area contributed by atoms with E-state index in [1.54, 1.807) is 14.1 Å². The highest BCUT2D eigenvalue weighted by Crippen LogP contribution is 1.95. The number of hydrogen-bond acceptors (Lipinski definition) is 3. The lowest BCUT2D eigenvalue weighted by molar-refractivity contribution is -0.132.